The number of aliphatic hydroxyl groups excluding tert-OH is 4. The molecule has 0 amide bonds. The number of aromatic amines is 1. The molecular weight excluding hydrogens is 475 g/mol. The van der Waals surface area contributed by atoms with Crippen molar-refractivity contribution in [1.29, 1.82) is 0 Å². The molecule has 0 saturated heterocycles. The Hall–Kier alpha value is -1.79. The molecule has 33 heavy (non-hydrogen) atoms. The summed E-state index contributed by atoms with van der Waals surface area (Å²) in [6, 6.07) is 3.53. The second-order valence-corrected chi connectivity index (χ2v) is 7.78. The van der Waals surface area contributed by atoms with Crippen molar-refractivity contribution >= 4 is 21.4 Å². The van der Waals surface area contributed by atoms with Crippen LogP contribution in [0.25, 0.3) is 22.6 Å². The van der Waals surface area contributed by atoms with Gasteiger partial charge in [0.2, 0.25) is 10.4 Å². The third-order valence-corrected chi connectivity index (χ3v) is 4.57. The van der Waals surface area contributed by atoms with Crippen molar-refractivity contribution in [3.63, 3.8) is 0 Å². The van der Waals surface area contributed by atoms with Crippen LogP contribution in [0.1, 0.15) is 11.1 Å². The molecule has 3 atom stereocenters. The Morgan fingerprint density at radius 1 is 1.09 bits per heavy atom. The van der Waals surface area contributed by atoms with Crippen LogP contribution in [-0.2, 0) is 16.9 Å². The topological polar surface area (TPSA) is 239 Å². The van der Waals surface area contributed by atoms with Crippen LogP contribution in [-0.4, -0.2) is 82.4 Å². The molecule has 0 bridgehead atoms. The fourth-order valence-electron chi connectivity index (χ4n) is 2.89. The van der Waals surface area contributed by atoms with Crippen LogP contribution in [0.5, 0.6) is 0 Å². The Morgan fingerprint density at radius 2 is 1.64 bits per heavy atom. The molecule has 0 fully saturated rings. The van der Waals surface area contributed by atoms with Gasteiger partial charge in [0.1, 0.15) is 18.3 Å². The zero-order valence-electron chi connectivity index (χ0n) is 17.8. The molecule has 2 aliphatic rings. The van der Waals surface area contributed by atoms with Crippen LogP contribution in [0.15, 0.2) is 21.7 Å². The van der Waals surface area contributed by atoms with Crippen LogP contribution < -0.4 is 40.8 Å². The summed E-state index contributed by atoms with van der Waals surface area (Å²) in [5.74, 6) is -0.0516. The number of H-pyrrole nitrogens is 1. The number of aliphatic hydroxyl groups is 4. The minimum atomic E-state index is -4.92. The number of fused-ring (bicyclic) bond motifs is 2. The molecule has 14 nitrogen and oxygen atoms in total. The molecule has 0 radical (unpaired) electrons. The summed E-state index contributed by atoms with van der Waals surface area (Å²) in [6.07, 6.45) is -4.68. The van der Waals surface area contributed by atoms with Gasteiger partial charge in [-0.2, -0.15) is 4.98 Å². The zero-order valence-corrected chi connectivity index (χ0v) is 20.6. The molecule has 0 aromatic heterocycles. The Kier molecular flexibility index (Phi) is 10.2. The number of aromatic nitrogens is 4. The van der Waals surface area contributed by atoms with Gasteiger partial charge in [0.15, 0.2) is 11.5 Å². The minimum absolute atomic E-state index is 0. The second-order valence-electron chi connectivity index (χ2n) is 6.93. The largest absolute Gasteiger partial charge is 1.00 e. The van der Waals surface area contributed by atoms with Crippen molar-refractivity contribution in [1.82, 2.24) is 19.5 Å². The second kappa shape index (κ2) is 11.6. The average Bonchev–Trinajstić information content (AvgIpc) is 2.67. The monoisotopic (exact) mass is 496 g/mol. The van der Waals surface area contributed by atoms with E-state index in [-0.39, 0.29) is 47.6 Å². The fraction of sp³-hybridized carbons (Fsp3) is 0.412. The van der Waals surface area contributed by atoms with E-state index in [0.29, 0.717) is 11.0 Å². The van der Waals surface area contributed by atoms with E-state index in [2.05, 4.69) is 15.0 Å². The molecular formula is C17H21N4NaO10S. The third-order valence-electron chi connectivity index (χ3n) is 4.57. The van der Waals surface area contributed by atoms with E-state index in [0.717, 1.165) is 11.1 Å². The fourth-order valence-corrected chi connectivity index (χ4v) is 2.89. The summed E-state index contributed by atoms with van der Waals surface area (Å²) in [5.41, 5.74) is 1.11. The molecule has 1 aromatic carbocycles. The van der Waals surface area contributed by atoms with E-state index in [1.165, 1.54) is 4.57 Å². The molecule has 2 heterocycles. The first kappa shape index (κ1) is 29.2. The standard InChI is InChI=1S/C17H20N4O6.Na.H2O4S/c1-7-3-9-10(4-8(7)2)21(5-11(23)14(25)12(24)6-22)15-13(18-9)16(26)20-17(27)19-15;;1-5(2,3)4/h3-4,11-12,14,22-25H,5-6H2,1-2H3,(H,20,26,27);;(H2,1,2,3,4)/q;+1;/p-1/t11-,12+,14-;;/m0../s1. The van der Waals surface area contributed by atoms with Gasteiger partial charge in [0.05, 0.1) is 24.2 Å². The molecule has 176 valence electrons. The molecule has 0 unspecified atom stereocenters. The van der Waals surface area contributed by atoms with Gasteiger partial charge in [-0.25, -0.2) is 18.2 Å². The summed E-state index contributed by atoms with van der Waals surface area (Å²) in [4.78, 5) is 34.0. The average molecular weight is 496 g/mol. The third kappa shape index (κ3) is 7.61. The van der Waals surface area contributed by atoms with E-state index >= 15 is 0 Å². The van der Waals surface area contributed by atoms with Crippen molar-refractivity contribution in [2.45, 2.75) is 38.7 Å². The molecule has 0 saturated carbocycles. The zero-order chi connectivity index (χ0) is 24.4. The van der Waals surface area contributed by atoms with Crippen molar-refractivity contribution < 1.29 is 67.5 Å². The van der Waals surface area contributed by atoms with Crippen LogP contribution in [0.4, 0.5) is 0 Å². The number of benzene rings is 1. The van der Waals surface area contributed by atoms with Crippen LogP contribution >= 0.6 is 0 Å². The Labute approximate surface area is 208 Å². The quantitative estimate of drug-likeness (QED) is 0.0838. The van der Waals surface area contributed by atoms with Gasteiger partial charge in [0.25, 0.3) is 5.56 Å². The maximum atomic E-state index is 12.2. The summed E-state index contributed by atoms with van der Waals surface area (Å²) in [6.45, 7) is 2.73. The molecule has 16 heteroatoms. The normalized spacial score (nSPS) is 14.2. The maximum absolute atomic E-state index is 12.2. The summed E-state index contributed by atoms with van der Waals surface area (Å²) in [5, 5.41) is 38.8. The number of hydrogen-bond acceptors (Lipinski definition) is 11. The number of rotatable bonds is 5. The minimum Gasteiger partial charge on any atom is -0.726 e. The van der Waals surface area contributed by atoms with Crippen molar-refractivity contribution in [3.8, 4) is 11.5 Å². The van der Waals surface area contributed by atoms with Crippen molar-refractivity contribution in [2.75, 3.05) is 6.61 Å². The van der Waals surface area contributed by atoms with Crippen LogP contribution in [0.2, 0.25) is 0 Å². The van der Waals surface area contributed by atoms with Gasteiger partial charge < -0.3 is 29.5 Å². The summed E-state index contributed by atoms with van der Waals surface area (Å²) >= 11 is 0. The predicted octanol–water partition coefficient (Wildman–Crippen LogP) is -5.71. The first-order valence-electron chi connectivity index (χ1n) is 8.98. The first-order valence-corrected chi connectivity index (χ1v) is 10.3. The Bertz CT molecular complexity index is 1300. The van der Waals surface area contributed by atoms with Gasteiger partial charge in [-0.15, -0.1) is 0 Å². The summed E-state index contributed by atoms with van der Waals surface area (Å²) < 4.78 is 34.2. The van der Waals surface area contributed by atoms with E-state index in [1.54, 1.807) is 12.1 Å². The van der Waals surface area contributed by atoms with Crippen molar-refractivity contribution in [2.24, 2.45) is 0 Å². The van der Waals surface area contributed by atoms with E-state index in [4.69, 9.17) is 22.6 Å². The SMILES string of the molecule is Cc1cc2nc3c(=O)[nH]c(=O)nc-3n(C[C@H](O)[C@H](O)[C@H](O)CO)c2cc1C.O=S(=O)([O-])O.[Na+]. The van der Waals surface area contributed by atoms with Gasteiger partial charge in [-0.3, -0.25) is 14.3 Å². The van der Waals surface area contributed by atoms with Gasteiger partial charge in [-0.1, -0.05) is 0 Å². The number of hydrogen-bond donors (Lipinski definition) is 6. The molecule has 0 aliphatic carbocycles. The number of nitrogens with one attached hydrogen (secondary N) is 1. The molecule has 6 N–H and O–H groups in total. The van der Waals surface area contributed by atoms with Gasteiger partial charge in [-0.05, 0) is 37.1 Å². The predicted molar refractivity (Wildman–Crippen MR) is 108 cm³/mol. The van der Waals surface area contributed by atoms with Crippen LogP contribution in [0.3, 0.4) is 0 Å². The number of aryl methyl sites for hydroxylation is 2. The van der Waals surface area contributed by atoms with Gasteiger partial charge >= 0.3 is 35.2 Å². The molecule has 1 aromatic rings. The molecule has 3 rings (SSSR count). The Morgan fingerprint density at radius 3 is 2.18 bits per heavy atom. The number of nitrogens with zero attached hydrogens (tertiary/aromatic N) is 3. The van der Waals surface area contributed by atoms with E-state index in [9.17, 15) is 24.9 Å². The molecule has 2 aliphatic heterocycles. The first-order chi connectivity index (χ1) is 14.7. The van der Waals surface area contributed by atoms with Crippen LogP contribution in [0, 0.1) is 13.8 Å². The smallest absolute Gasteiger partial charge is 0.726 e. The van der Waals surface area contributed by atoms with Gasteiger partial charge in [0, 0.05) is 0 Å². The summed E-state index contributed by atoms with van der Waals surface area (Å²) in [7, 11) is -4.92. The maximum Gasteiger partial charge on any atom is 1.00 e. The van der Waals surface area contributed by atoms with E-state index in [1.807, 2.05) is 13.8 Å². The van der Waals surface area contributed by atoms with Crippen molar-refractivity contribution in [3.05, 3.63) is 44.1 Å². The Balaban J connectivity index is 0.000000821. The van der Waals surface area contributed by atoms with E-state index < -0.39 is 46.6 Å². The molecule has 0 spiro atoms.